The van der Waals surface area contributed by atoms with E-state index in [0.717, 1.165) is 0 Å². The lowest BCUT2D eigenvalue weighted by Crippen LogP contribution is -2.49. The molecule has 0 unspecified atom stereocenters. The molecule has 1 heterocycles. The molecule has 1 aliphatic heterocycles. The Labute approximate surface area is 136 Å². The van der Waals surface area contributed by atoms with E-state index in [-0.39, 0.29) is 24.1 Å². The number of rotatable bonds is 5. The maximum atomic E-state index is 13.8. The van der Waals surface area contributed by atoms with Gasteiger partial charge in [0.2, 0.25) is 11.8 Å². The minimum atomic E-state index is -0.250. The van der Waals surface area contributed by atoms with Gasteiger partial charge in [-0.1, -0.05) is 26.0 Å². The topological polar surface area (TPSA) is 52.7 Å². The average Bonchev–Trinajstić information content (AvgIpc) is 2.53. The van der Waals surface area contributed by atoms with Crippen LogP contribution < -0.4 is 10.2 Å². The molecule has 5 nitrogen and oxygen atoms in total. The van der Waals surface area contributed by atoms with Gasteiger partial charge in [0, 0.05) is 32.7 Å². The number of halogens is 1. The van der Waals surface area contributed by atoms with E-state index in [1.807, 2.05) is 18.7 Å². The summed E-state index contributed by atoms with van der Waals surface area (Å²) < 4.78 is 13.8. The Morgan fingerprint density at radius 3 is 2.43 bits per heavy atom. The number of carbonyl (C=O) groups is 2. The van der Waals surface area contributed by atoms with Crippen molar-refractivity contribution in [2.75, 3.05) is 37.6 Å². The van der Waals surface area contributed by atoms with Crippen molar-refractivity contribution < 1.29 is 14.0 Å². The van der Waals surface area contributed by atoms with Crippen LogP contribution in [-0.2, 0) is 9.59 Å². The van der Waals surface area contributed by atoms with Crippen molar-refractivity contribution >= 4 is 17.5 Å². The van der Waals surface area contributed by atoms with Gasteiger partial charge in [-0.25, -0.2) is 4.39 Å². The first-order valence-corrected chi connectivity index (χ1v) is 8.01. The number of para-hydroxylation sites is 1. The van der Waals surface area contributed by atoms with Crippen molar-refractivity contribution in [1.29, 1.82) is 0 Å². The van der Waals surface area contributed by atoms with Crippen LogP contribution in [0.3, 0.4) is 0 Å². The van der Waals surface area contributed by atoms with Crippen molar-refractivity contribution in [3.63, 3.8) is 0 Å². The second-order valence-electron chi connectivity index (χ2n) is 6.19. The zero-order valence-corrected chi connectivity index (χ0v) is 13.7. The van der Waals surface area contributed by atoms with Crippen LogP contribution in [0.2, 0.25) is 0 Å². The summed E-state index contributed by atoms with van der Waals surface area (Å²) in [6, 6.07) is 6.64. The normalized spacial score (nSPS) is 15.0. The molecule has 1 N–H and O–H groups in total. The monoisotopic (exact) mass is 321 g/mol. The van der Waals surface area contributed by atoms with Gasteiger partial charge >= 0.3 is 0 Å². The van der Waals surface area contributed by atoms with E-state index in [2.05, 4.69) is 5.32 Å². The number of piperazine rings is 1. The number of benzene rings is 1. The van der Waals surface area contributed by atoms with Gasteiger partial charge in [-0.05, 0) is 18.1 Å². The van der Waals surface area contributed by atoms with Gasteiger partial charge in [-0.15, -0.1) is 0 Å². The molecule has 1 aromatic rings. The number of carbonyl (C=O) groups excluding carboxylic acids is 2. The van der Waals surface area contributed by atoms with E-state index in [1.165, 1.54) is 6.07 Å². The number of nitrogens with one attached hydrogen (secondary N) is 1. The van der Waals surface area contributed by atoms with Gasteiger partial charge in [0.05, 0.1) is 5.69 Å². The molecule has 1 aromatic carbocycles. The molecule has 0 aromatic heterocycles. The first-order chi connectivity index (χ1) is 11.0. The Balaban J connectivity index is 1.81. The first kappa shape index (κ1) is 17.2. The largest absolute Gasteiger partial charge is 0.366 e. The SMILES string of the molecule is CC(C)CNC(=O)CC(=O)N1CCN(c2ccccc2F)CC1. The molecule has 1 saturated heterocycles. The maximum absolute atomic E-state index is 13.8. The summed E-state index contributed by atoms with van der Waals surface area (Å²) in [7, 11) is 0. The van der Waals surface area contributed by atoms with Crippen LogP contribution in [-0.4, -0.2) is 49.4 Å². The van der Waals surface area contributed by atoms with Crippen molar-refractivity contribution in [3.8, 4) is 0 Å². The minimum Gasteiger partial charge on any atom is -0.366 e. The Kier molecular flexibility index (Phi) is 5.96. The summed E-state index contributed by atoms with van der Waals surface area (Å²) in [5.74, 6) is -0.293. The third-order valence-electron chi connectivity index (χ3n) is 3.84. The third kappa shape index (κ3) is 4.94. The molecular weight excluding hydrogens is 297 g/mol. The summed E-state index contributed by atoms with van der Waals surface area (Å²) in [6.07, 6.45) is -0.119. The highest BCUT2D eigenvalue weighted by atomic mass is 19.1. The highest BCUT2D eigenvalue weighted by Gasteiger charge is 2.23. The minimum absolute atomic E-state index is 0.119. The van der Waals surface area contributed by atoms with E-state index >= 15 is 0 Å². The van der Waals surface area contributed by atoms with E-state index in [4.69, 9.17) is 0 Å². The number of hydrogen-bond acceptors (Lipinski definition) is 3. The van der Waals surface area contributed by atoms with Gasteiger partial charge in [0.1, 0.15) is 12.2 Å². The highest BCUT2D eigenvalue weighted by Crippen LogP contribution is 2.20. The number of amides is 2. The molecule has 0 bridgehead atoms. The van der Waals surface area contributed by atoms with Gasteiger partial charge < -0.3 is 15.1 Å². The van der Waals surface area contributed by atoms with E-state index in [9.17, 15) is 14.0 Å². The zero-order valence-electron chi connectivity index (χ0n) is 13.7. The van der Waals surface area contributed by atoms with Crippen LogP contribution in [0, 0.1) is 11.7 Å². The van der Waals surface area contributed by atoms with Gasteiger partial charge in [0.15, 0.2) is 0 Å². The molecule has 23 heavy (non-hydrogen) atoms. The maximum Gasteiger partial charge on any atom is 0.232 e. The van der Waals surface area contributed by atoms with Gasteiger partial charge in [-0.2, -0.15) is 0 Å². The molecule has 0 saturated carbocycles. The fourth-order valence-electron chi connectivity index (χ4n) is 2.53. The molecule has 2 rings (SSSR count). The fourth-order valence-corrected chi connectivity index (χ4v) is 2.53. The first-order valence-electron chi connectivity index (χ1n) is 8.01. The van der Waals surface area contributed by atoms with Crippen molar-refractivity contribution in [1.82, 2.24) is 10.2 Å². The quantitative estimate of drug-likeness (QED) is 0.839. The molecule has 2 amide bonds. The van der Waals surface area contributed by atoms with Crippen molar-refractivity contribution in [2.45, 2.75) is 20.3 Å². The van der Waals surface area contributed by atoms with Crippen LogP contribution in [0.5, 0.6) is 0 Å². The molecule has 0 radical (unpaired) electrons. The lowest BCUT2D eigenvalue weighted by Gasteiger charge is -2.36. The predicted octanol–water partition coefficient (Wildman–Crippen LogP) is 1.64. The van der Waals surface area contributed by atoms with Crippen LogP contribution in [0.4, 0.5) is 10.1 Å². The predicted molar refractivity (Wildman–Crippen MR) is 87.7 cm³/mol. The van der Waals surface area contributed by atoms with E-state index in [1.54, 1.807) is 23.1 Å². The molecule has 0 aliphatic carbocycles. The molecular formula is C17H24FN3O2. The van der Waals surface area contributed by atoms with Crippen molar-refractivity contribution in [3.05, 3.63) is 30.1 Å². The Bertz CT molecular complexity index is 555. The lowest BCUT2D eigenvalue weighted by atomic mass is 10.2. The highest BCUT2D eigenvalue weighted by molar-refractivity contribution is 5.96. The summed E-state index contributed by atoms with van der Waals surface area (Å²) in [4.78, 5) is 27.4. The molecule has 1 fully saturated rings. The lowest BCUT2D eigenvalue weighted by molar-refractivity contribution is -0.136. The van der Waals surface area contributed by atoms with E-state index < -0.39 is 0 Å². The summed E-state index contributed by atoms with van der Waals surface area (Å²) in [5, 5.41) is 2.75. The van der Waals surface area contributed by atoms with Crippen LogP contribution in [0.25, 0.3) is 0 Å². The summed E-state index contributed by atoms with van der Waals surface area (Å²) in [6.45, 7) is 6.73. The number of anilines is 1. The molecule has 0 spiro atoms. The van der Waals surface area contributed by atoms with Crippen molar-refractivity contribution in [2.24, 2.45) is 5.92 Å². The molecule has 126 valence electrons. The third-order valence-corrected chi connectivity index (χ3v) is 3.84. The molecule has 1 aliphatic rings. The summed E-state index contributed by atoms with van der Waals surface area (Å²) in [5.41, 5.74) is 0.564. The Morgan fingerprint density at radius 1 is 1.17 bits per heavy atom. The van der Waals surface area contributed by atoms with Crippen LogP contribution in [0.1, 0.15) is 20.3 Å². The Morgan fingerprint density at radius 2 is 1.83 bits per heavy atom. The molecule has 0 atom stereocenters. The van der Waals surface area contributed by atoms with Gasteiger partial charge in [-0.3, -0.25) is 9.59 Å². The smallest absolute Gasteiger partial charge is 0.232 e. The number of hydrogen-bond donors (Lipinski definition) is 1. The molecule has 6 heteroatoms. The standard InChI is InChI=1S/C17H24FN3O2/c1-13(2)12-19-16(22)11-17(23)21-9-7-20(8-10-21)15-6-4-3-5-14(15)18/h3-6,13H,7-12H2,1-2H3,(H,19,22). The number of nitrogens with zero attached hydrogens (tertiary/aromatic N) is 2. The van der Waals surface area contributed by atoms with E-state index in [0.29, 0.717) is 44.3 Å². The van der Waals surface area contributed by atoms with Gasteiger partial charge in [0.25, 0.3) is 0 Å². The second kappa shape index (κ2) is 7.94. The van der Waals surface area contributed by atoms with Crippen LogP contribution in [0.15, 0.2) is 24.3 Å². The fraction of sp³-hybridized carbons (Fsp3) is 0.529. The zero-order chi connectivity index (χ0) is 16.8. The summed E-state index contributed by atoms with van der Waals surface area (Å²) >= 11 is 0. The van der Waals surface area contributed by atoms with Crippen LogP contribution >= 0.6 is 0 Å². The average molecular weight is 321 g/mol. The second-order valence-corrected chi connectivity index (χ2v) is 6.19. The Hall–Kier alpha value is -2.11.